The van der Waals surface area contributed by atoms with E-state index in [2.05, 4.69) is 5.32 Å². The standard InChI is InChI=1S/C25H22N2O3S/c1-14-7-10-18-16(11-23(28)30-24(18)15(14)2)13-31-22-12-20(25(29)26-17-8-9-17)19-5-3-4-6-21(19)27-22/h3-7,10-12,17H,8-9,13H2,1-2H3,(H,26,29). The Labute approximate surface area is 183 Å². The van der Waals surface area contributed by atoms with E-state index < -0.39 is 0 Å². The minimum absolute atomic E-state index is 0.0557. The van der Waals surface area contributed by atoms with Gasteiger partial charge in [-0.3, -0.25) is 4.79 Å². The minimum Gasteiger partial charge on any atom is -0.422 e. The van der Waals surface area contributed by atoms with Crippen molar-refractivity contribution in [2.45, 2.75) is 43.5 Å². The number of rotatable bonds is 5. The van der Waals surface area contributed by atoms with E-state index in [0.717, 1.165) is 50.8 Å². The predicted molar refractivity (Wildman–Crippen MR) is 124 cm³/mol. The van der Waals surface area contributed by atoms with Crippen LogP contribution in [0.1, 0.15) is 39.9 Å². The quantitative estimate of drug-likeness (QED) is 0.350. The zero-order valence-electron chi connectivity index (χ0n) is 17.4. The number of carbonyl (C=O) groups excluding carboxylic acids is 1. The Morgan fingerprint density at radius 3 is 2.74 bits per heavy atom. The van der Waals surface area contributed by atoms with Gasteiger partial charge in [0.2, 0.25) is 0 Å². The molecule has 0 atom stereocenters. The summed E-state index contributed by atoms with van der Waals surface area (Å²) < 4.78 is 5.48. The van der Waals surface area contributed by atoms with Gasteiger partial charge >= 0.3 is 5.63 Å². The Bertz CT molecular complexity index is 1390. The van der Waals surface area contributed by atoms with Crippen molar-refractivity contribution in [1.82, 2.24) is 10.3 Å². The largest absolute Gasteiger partial charge is 0.422 e. The van der Waals surface area contributed by atoms with Gasteiger partial charge < -0.3 is 9.73 Å². The molecule has 6 heteroatoms. The van der Waals surface area contributed by atoms with Crippen LogP contribution in [0.4, 0.5) is 0 Å². The third kappa shape index (κ3) is 3.95. The summed E-state index contributed by atoms with van der Waals surface area (Å²) in [5.74, 6) is 0.499. The third-order valence-electron chi connectivity index (χ3n) is 5.74. The van der Waals surface area contributed by atoms with Crippen LogP contribution in [-0.2, 0) is 5.75 Å². The Balaban J connectivity index is 1.51. The van der Waals surface area contributed by atoms with Crippen LogP contribution < -0.4 is 10.9 Å². The molecule has 0 saturated heterocycles. The molecule has 1 N–H and O–H groups in total. The summed E-state index contributed by atoms with van der Waals surface area (Å²) in [6, 6.07) is 15.4. The lowest BCUT2D eigenvalue weighted by Gasteiger charge is -2.11. The molecule has 4 aromatic rings. The summed E-state index contributed by atoms with van der Waals surface area (Å²) in [6.07, 6.45) is 2.08. The van der Waals surface area contributed by atoms with Gasteiger partial charge in [0.15, 0.2) is 0 Å². The lowest BCUT2D eigenvalue weighted by atomic mass is 10.0. The molecule has 2 aromatic heterocycles. The van der Waals surface area contributed by atoms with E-state index in [4.69, 9.17) is 9.40 Å². The molecule has 31 heavy (non-hydrogen) atoms. The van der Waals surface area contributed by atoms with Crippen molar-refractivity contribution in [3.8, 4) is 0 Å². The number of nitrogens with one attached hydrogen (secondary N) is 1. The number of aryl methyl sites for hydroxylation is 2. The molecule has 1 fully saturated rings. The second kappa shape index (κ2) is 7.85. The van der Waals surface area contributed by atoms with Gasteiger partial charge in [-0.2, -0.15) is 0 Å². The first kappa shape index (κ1) is 19.8. The Hall–Kier alpha value is -3.12. The molecule has 2 heterocycles. The number of benzene rings is 2. The fraction of sp³-hybridized carbons (Fsp3) is 0.240. The zero-order valence-corrected chi connectivity index (χ0v) is 18.2. The average Bonchev–Trinajstić information content (AvgIpc) is 3.58. The summed E-state index contributed by atoms with van der Waals surface area (Å²) in [5, 5.41) is 5.61. The third-order valence-corrected chi connectivity index (χ3v) is 6.70. The van der Waals surface area contributed by atoms with E-state index in [1.54, 1.807) is 6.07 Å². The molecule has 5 nitrogen and oxygen atoms in total. The van der Waals surface area contributed by atoms with E-state index in [9.17, 15) is 9.59 Å². The van der Waals surface area contributed by atoms with Crippen molar-refractivity contribution >= 4 is 39.5 Å². The summed E-state index contributed by atoms with van der Waals surface area (Å²) in [7, 11) is 0. The molecule has 1 saturated carbocycles. The Kier molecular flexibility index (Phi) is 5.02. The van der Waals surface area contributed by atoms with Gasteiger partial charge in [-0.05, 0) is 55.5 Å². The molecule has 0 bridgehead atoms. The van der Waals surface area contributed by atoms with Crippen molar-refractivity contribution in [2.75, 3.05) is 0 Å². The van der Waals surface area contributed by atoms with Crippen molar-refractivity contribution in [3.05, 3.63) is 81.2 Å². The predicted octanol–water partition coefficient (Wildman–Crippen LogP) is 5.14. The van der Waals surface area contributed by atoms with E-state index >= 15 is 0 Å². The molecule has 0 aliphatic heterocycles. The van der Waals surface area contributed by atoms with Gasteiger partial charge in [0.1, 0.15) is 5.58 Å². The van der Waals surface area contributed by atoms with Crippen LogP contribution in [0.3, 0.4) is 0 Å². The summed E-state index contributed by atoms with van der Waals surface area (Å²) in [4.78, 5) is 29.7. The maximum Gasteiger partial charge on any atom is 0.336 e. The van der Waals surface area contributed by atoms with Crippen molar-refractivity contribution in [3.63, 3.8) is 0 Å². The van der Waals surface area contributed by atoms with Crippen LogP contribution in [0.25, 0.3) is 21.9 Å². The van der Waals surface area contributed by atoms with Crippen LogP contribution in [0, 0.1) is 13.8 Å². The number of amides is 1. The topological polar surface area (TPSA) is 72.2 Å². The lowest BCUT2D eigenvalue weighted by molar-refractivity contribution is 0.0952. The van der Waals surface area contributed by atoms with Crippen molar-refractivity contribution < 1.29 is 9.21 Å². The lowest BCUT2D eigenvalue weighted by Crippen LogP contribution is -2.25. The molecule has 0 unspecified atom stereocenters. The van der Waals surface area contributed by atoms with Gasteiger partial charge in [0, 0.05) is 28.6 Å². The second-order valence-electron chi connectivity index (χ2n) is 8.04. The maximum absolute atomic E-state index is 12.8. The first-order chi connectivity index (χ1) is 15.0. The highest BCUT2D eigenvalue weighted by Crippen LogP contribution is 2.30. The molecular formula is C25H22N2O3S. The van der Waals surface area contributed by atoms with E-state index in [1.165, 1.54) is 11.8 Å². The summed E-state index contributed by atoms with van der Waals surface area (Å²) in [5.41, 5.74) is 4.68. The van der Waals surface area contributed by atoms with Crippen LogP contribution in [0.5, 0.6) is 0 Å². The van der Waals surface area contributed by atoms with Gasteiger partial charge in [-0.25, -0.2) is 9.78 Å². The number of hydrogen-bond donors (Lipinski definition) is 1. The van der Waals surface area contributed by atoms with Gasteiger partial charge in [-0.1, -0.05) is 30.3 Å². The first-order valence-electron chi connectivity index (χ1n) is 10.4. The molecular weight excluding hydrogens is 408 g/mol. The zero-order chi connectivity index (χ0) is 21.5. The number of para-hydroxylation sites is 1. The molecule has 156 valence electrons. The summed E-state index contributed by atoms with van der Waals surface area (Å²) in [6.45, 7) is 3.97. The number of fused-ring (bicyclic) bond motifs is 2. The molecule has 1 aliphatic rings. The molecule has 0 spiro atoms. The smallest absolute Gasteiger partial charge is 0.336 e. The molecule has 0 radical (unpaired) electrons. The highest BCUT2D eigenvalue weighted by atomic mass is 32.2. The number of hydrogen-bond acceptors (Lipinski definition) is 5. The second-order valence-corrected chi connectivity index (χ2v) is 9.03. The fourth-order valence-corrected chi connectivity index (χ4v) is 4.61. The highest BCUT2D eigenvalue weighted by molar-refractivity contribution is 7.98. The van der Waals surface area contributed by atoms with E-state index in [1.807, 2.05) is 56.3 Å². The fourth-order valence-electron chi connectivity index (χ4n) is 3.70. The Morgan fingerprint density at radius 1 is 1.13 bits per heavy atom. The number of pyridine rings is 1. The molecule has 1 aliphatic carbocycles. The minimum atomic E-state index is -0.354. The first-order valence-corrected chi connectivity index (χ1v) is 11.3. The molecule has 5 rings (SSSR count). The molecule has 1 amide bonds. The van der Waals surface area contributed by atoms with Gasteiger partial charge in [-0.15, -0.1) is 11.8 Å². The van der Waals surface area contributed by atoms with Crippen LogP contribution in [-0.4, -0.2) is 16.9 Å². The van der Waals surface area contributed by atoms with Crippen molar-refractivity contribution in [1.29, 1.82) is 0 Å². The van der Waals surface area contributed by atoms with Crippen LogP contribution in [0.2, 0.25) is 0 Å². The van der Waals surface area contributed by atoms with E-state index in [0.29, 0.717) is 16.9 Å². The normalized spacial score (nSPS) is 13.6. The van der Waals surface area contributed by atoms with E-state index in [-0.39, 0.29) is 17.6 Å². The van der Waals surface area contributed by atoms with Gasteiger partial charge in [0.25, 0.3) is 5.91 Å². The van der Waals surface area contributed by atoms with Crippen molar-refractivity contribution in [2.24, 2.45) is 0 Å². The number of carbonyl (C=O) groups is 1. The average molecular weight is 431 g/mol. The van der Waals surface area contributed by atoms with Crippen LogP contribution >= 0.6 is 11.8 Å². The molecule has 2 aromatic carbocycles. The number of aromatic nitrogens is 1. The highest BCUT2D eigenvalue weighted by Gasteiger charge is 2.25. The Morgan fingerprint density at radius 2 is 1.94 bits per heavy atom. The maximum atomic E-state index is 12.8. The SMILES string of the molecule is Cc1ccc2c(CSc3cc(C(=O)NC4CC4)c4ccccc4n3)cc(=O)oc2c1C. The summed E-state index contributed by atoms with van der Waals surface area (Å²) >= 11 is 1.52. The monoisotopic (exact) mass is 430 g/mol. The number of nitrogens with zero attached hydrogens (tertiary/aromatic N) is 1. The number of thioether (sulfide) groups is 1. The van der Waals surface area contributed by atoms with Crippen LogP contribution in [0.15, 0.2) is 62.8 Å². The van der Waals surface area contributed by atoms with Gasteiger partial charge in [0.05, 0.1) is 16.1 Å².